The Balaban J connectivity index is 1.30. The molecule has 1 aromatic heterocycles. The van der Waals surface area contributed by atoms with Gasteiger partial charge in [0.05, 0.1) is 18.8 Å². The van der Waals surface area contributed by atoms with Crippen LogP contribution in [0.1, 0.15) is 41.9 Å². The molecule has 146 valence electrons. The predicted molar refractivity (Wildman–Crippen MR) is 112 cm³/mol. The maximum atomic E-state index is 11.8. The second-order valence-electron chi connectivity index (χ2n) is 7.52. The summed E-state index contributed by atoms with van der Waals surface area (Å²) in [4.78, 5) is 11.8. The summed E-state index contributed by atoms with van der Waals surface area (Å²) in [5.41, 5.74) is 4.84. The topological polar surface area (TPSA) is 67.0 Å². The zero-order valence-electron chi connectivity index (χ0n) is 16.3. The van der Waals surface area contributed by atoms with Crippen LogP contribution >= 0.6 is 0 Å². The van der Waals surface area contributed by atoms with Crippen molar-refractivity contribution < 1.29 is 4.74 Å². The first-order valence-electron chi connectivity index (χ1n) is 10.1. The molecule has 3 aromatic rings. The molecule has 1 aliphatic carbocycles. The third kappa shape index (κ3) is 3.94. The van der Waals surface area contributed by atoms with E-state index in [2.05, 4.69) is 33.7 Å². The molecular weight excluding hydrogens is 350 g/mol. The van der Waals surface area contributed by atoms with Crippen LogP contribution in [0.5, 0.6) is 5.75 Å². The summed E-state index contributed by atoms with van der Waals surface area (Å²) < 4.78 is 5.55. The van der Waals surface area contributed by atoms with Crippen LogP contribution < -0.4 is 15.5 Å². The van der Waals surface area contributed by atoms with Gasteiger partial charge < -0.3 is 10.1 Å². The lowest BCUT2D eigenvalue weighted by atomic mass is 9.80. The fourth-order valence-corrected chi connectivity index (χ4v) is 4.32. The summed E-state index contributed by atoms with van der Waals surface area (Å²) in [6.45, 7) is 1.93. The third-order valence-electron chi connectivity index (χ3n) is 5.78. The molecule has 0 aliphatic heterocycles. The van der Waals surface area contributed by atoms with E-state index in [4.69, 9.17) is 4.74 Å². The number of nitrogens with zero attached hydrogens (tertiary/aromatic N) is 1. The zero-order valence-corrected chi connectivity index (χ0v) is 16.3. The molecule has 4 rings (SSSR count). The zero-order chi connectivity index (χ0) is 19.3. The van der Waals surface area contributed by atoms with Gasteiger partial charge in [0.1, 0.15) is 5.75 Å². The van der Waals surface area contributed by atoms with Crippen molar-refractivity contribution in [3.05, 3.63) is 69.5 Å². The molecule has 0 fully saturated rings. The minimum Gasteiger partial charge on any atom is -0.496 e. The highest BCUT2D eigenvalue weighted by molar-refractivity contribution is 5.78. The smallest absolute Gasteiger partial charge is 0.207 e. The van der Waals surface area contributed by atoms with Crippen molar-refractivity contribution >= 4 is 10.9 Å². The van der Waals surface area contributed by atoms with E-state index in [1.165, 1.54) is 35.7 Å². The number of methoxy groups -OCH3 is 1. The molecule has 1 unspecified atom stereocenters. The Labute approximate surface area is 165 Å². The quantitative estimate of drug-likeness (QED) is 0.618. The number of benzene rings is 2. The highest BCUT2D eigenvalue weighted by atomic mass is 16.5. The van der Waals surface area contributed by atoms with Gasteiger partial charge in [-0.3, -0.25) is 9.89 Å². The van der Waals surface area contributed by atoms with Crippen LogP contribution in [0.25, 0.3) is 10.9 Å². The number of nitrogens with one attached hydrogen (secondary N) is 2. The Hall–Kier alpha value is -2.66. The highest BCUT2D eigenvalue weighted by Gasteiger charge is 2.22. The van der Waals surface area contributed by atoms with E-state index < -0.39 is 0 Å². The van der Waals surface area contributed by atoms with Gasteiger partial charge in [-0.05, 0) is 86.0 Å². The van der Waals surface area contributed by atoms with Crippen molar-refractivity contribution in [3.8, 4) is 5.75 Å². The second-order valence-corrected chi connectivity index (χ2v) is 7.52. The summed E-state index contributed by atoms with van der Waals surface area (Å²) in [7, 11) is 1.76. The molecule has 0 bridgehead atoms. The fraction of sp³-hybridized carbons (Fsp3) is 0.391. The summed E-state index contributed by atoms with van der Waals surface area (Å²) in [6, 6.07) is 12.4. The molecule has 2 N–H and O–H groups in total. The van der Waals surface area contributed by atoms with Gasteiger partial charge in [0.15, 0.2) is 0 Å². The Bertz CT molecular complexity index is 1010. The number of rotatable bonds is 7. The van der Waals surface area contributed by atoms with E-state index in [1.54, 1.807) is 7.11 Å². The molecular formula is C23H27N3O2. The molecule has 28 heavy (non-hydrogen) atoms. The molecule has 0 radical (unpaired) electrons. The van der Waals surface area contributed by atoms with Gasteiger partial charge in [0, 0.05) is 5.39 Å². The van der Waals surface area contributed by atoms with Gasteiger partial charge >= 0.3 is 0 Å². The van der Waals surface area contributed by atoms with Crippen molar-refractivity contribution in [1.29, 1.82) is 0 Å². The SMILES string of the molecule is COc1cccc2c1CCCC2CCNCCc1ccc2c(=O)cn[nH]c2c1. The molecule has 0 amide bonds. The fourth-order valence-electron chi connectivity index (χ4n) is 4.32. The molecule has 1 atom stereocenters. The van der Waals surface area contributed by atoms with Gasteiger partial charge in [0.25, 0.3) is 0 Å². The summed E-state index contributed by atoms with van der Waals surface area (Å²) in [5, 5.41) is 11.1. The normalized spacial score (nSPS) is 16.1. The van der Waals surface area contributed by atoms with Gasteiger partial charge in [-0.2, -0.15) is 5.10 Å². The molecule has 0 saturated carbocycles. The number of aromatic nitrogens is 2. The first kappa shape index (κ1) is 18.7. The first-order valence-corrected chi connectivity index (χ1v) is 10.1. The summed E-state index contributed by atoms with van der Waals surface area (Å²) in [6.07, 6.45) is 7.02. The van der Waals surface area contributed by atoms with Crippen molar-refractivity contribution in [1.82, 2.24) is 15.5 Å². The lowest BCUT2D eigenvalue weighted by molar-refractivity contribution is 0.401. The number of H-pyrrole nitrogens is 1. The lowest BCUT2D eigenvalue weighted by Gasteiger charge is -2.27. The molecule has 5 heteroatoms. The maximum absolute atomic E-state index is 11.8. The van der Waals surface area contributed by atoms with Crippen LogP contribution in [0.15, 0.2) is 47.4 Å². The Morgan fingerprint density at radius 2 is 2.18 bits per heavy atom. The van der Waals surface area contributed by atoms with Crippen molar-refractivity contribution in [2.24, 2.45) is 0 Å². The average Bonchev–Trinajstić information content (AvgIpc) is 2.73. The lowest BCUT2D eigenvalue weighted by Crippen LogP contribution is -2.22. The molecule has 2 aromatic carbocycles. The minimum atomic E-state index is -0.0391. The van der Waals surface area contributed by atoms with Crippen LogP contribution in [0.2, 0.25) is 0 Å². The number of fused-ring (bicyclic) bond motifs is 2. The minimum absolute atomic E-state index is 0.0391. The van der Waals surface area contributed by atoms with Crippen molar-refractivity contribution in [2.75, 3.05) is 20.2 Å². The predicted octanol–water partition coefficient (Wildman–Crippen LogP) is 3.57. The average molecular weight is 377 g/mol. The number of hydrogen-bond acceptors (Lipinski definition) is 4. The first-order chi connectivity index (χ1) is 13.8. The van der Waals surface area contributed by atoms with Crippen molar-refractivity contribution in [2.45, 2.75) is 38.0 Å². The Morgan fingerprint density at radius 3 is 3.07 bits per heavy atom. The molecule has 5 nitrogen and oxygen atoms in total. The van der Waals surface area contributed by atoms with E-state index in [9.17, 15) is 4.79 Å². The maximum Gasteiger partial charge on any atom is 0.207 e. The summed E-state index contributed by atoms with van der Waals surface area (Å²) >= 11 is 0. The Kier molecular flexibility index (Phi) is 5.72. The van der Waals surface area contributed by atoms with Gasteiger partial charge in [-0.1, -0.05) is 18.2 Å². The Morgan fingerprint density at radius 1 is 1.25 bits per heavy atom. The highest BCUT2D eigenvalue weighted by Crippen LogP contribution is 2.38. The van der Waals surface area contributed by atoms with Crippen LogP contribution in [0.3, 0.4) is 0 Å². The molecule has 1 aliphatic rings. The van der Waals surface area contributed by atoms with Crippen LogP contribution in [-0.2, 0) is 12.8 Å². The largest absolute Gasteiger partial charge is 0.496 e. The van der Waals surface area contributed by atoms with E-state index in [0.717, 1.165) is 43.6 Å². The van der Waals surface area contributed by atoms with E-state index in [1.807, 2.05) is 18.2 Å². The van der Waals surface area contributed by atoms with Crippen LogP contribution in [0, 0.1) is 0 Å². The van der Waals surface area contributed by atoms with Crippen LogP contribution in [0.4, 0.5) is 0 Å². The van der Waals surface area contributed by atoms with E-state index in [-0.39, 0.29) is 5.43 Å². The van der Waals surface area contributed by atoms with Crippen molar-refractivity contribution in [3.63, 3.8) is 0 Å². The van der Waals surface area contributed by atoms with Gasteiger partial charge in [-0.15, -0.1) is 0 Å². The molecule has 0 saturated heterocycles. The second kappa shape index (κ2) is 8.57. The van der Waals surface area contributed by atoms with E-state index >= 15 is 0 Å². The molecule has 1 heterocycles. The van der Waals surface area contributed by atoms with Gasteiger partial charge in [0.2, 0.25) is 5.43 Å². The van der Waals surface area contributed by atoms with E-state index in [0.29, 0.717) is 11.3 Å². The van der Waals surface area contributed by atoms with Gasteiger partial charge in [-0.25, -0.2) is 0 Å². The number of hydrogen-bond donors (Lipinski definition) is 2. The van der Waals surface area contributed by atoms with Crippen LogP contribution in [-0.4, -0.2) is 30.4 Å². The third-order valence-corrected chi connectivity index (χ3v) is 5.78. The number of ether oxygens (including phenoxy) is 1. The molecule has 0 spiro atoms. The number of aromatic amines is 1. The summed E-state index contributed by atoms with van der Waals surface area (Å²) in [5.74, 6) is 1.65. The monoisotopic (exact) mass is 377 g/mol. The standard InChI is InChI=1S/C23H27N3O2/c1-28-23-7-3-5-18-17(4-2-6-19(18)23)11-13-24-12-10-16-8-9-20-21(14-16)26-25-15-22(20)27/h3,5,7-9,14-15,17,24H,2,4,6,10-13H2,1H3,(H,26,27).